The van der Waals surface area contributed by atoms with Crippen LogP contribution in [0.2, 0.25) is 0 Å². The first-order chi connectivity index (χ1) is 5.70. The van der Waals surface area contributed by atoms with E-state index < -0.39 is 6.10 Å². The maximum atomic E-state index is 9.17. The fraction of sp³-hybridized carbons (Fsp3) is 0.333. The third-order valence-electron chi connectivity index (χ3n) is 1.64. The minimum absolute atomic E-state index is 0.417. The quantitative estimate of drug-likeness (QED) is 0.715. The summed E-state index contributed by atoms with van der Waals surface area (Å²) in [7, 11) is 0. The van der Waals surface area contributed by atoms with E-state index >= 15 is 0 Å². The molecule has 1 unspecified atom stereocenters. The molecule has 3 nitrogen and oxygen atoms in total. The Bertz CT molecular complexity index is 267. The zero-order chi connectivity index (χ0) is 8.97. The molecule has 1 aromatic heterocycles. The lowest BCUT2D eigenvalue weighted by Crippen LogP contribution is -2.00. The minimum Gasteiger partial charge on any atom is -0.389 e. The van der Waals surface area contributed by atoms with Crippen molar-refractivity contribution in [1.82, 2.24) is 9.97 Å². The second kappa shape index (κ2) is 3.97. The van der Waals surface area contributed by atoms with Crippen LogP contribution in [-0.4, -0.2) is 21.2 Å². The molecule has 64 valence electrons. The van der Waals surface area contributed by atoms with Gasteiger partial charge in [0.2, 0.25) is 0 Å². The van der Waals surface area contributed by atoms with Gasteiger partial charge in [0.25, 0.3) is 0 Å². The third kappa shape index (κ3) is 2.43. The van der Waals surface area contributed by atoms with Crippen molar-refractivity contribution in [3.8, 4) is 0 Å². The van der Waals surface area contributed by atoms with E-state index in [2.05, 4.69) is 9.97 Å². The Morgan fingerprint density at radius 1 is 1.67 bits per heavy atom. The molecule has 0 aliphatic carbocycles. The average molecular weight is 164 g/mol. The Hall–Kier alpha value is -1.22. The largest absolute Gasteiger partial charge is 0.389 e. The molecule has 0 aromatic carbocycles. The number of rotatable bonds is 2. The smallest absolute Gasteiger partial charge is 0.115 e. The molecule has 0 radical (unpaired) electrons. The maximum absolute atomic E-state index is 9.17. The predicted octanol–water partition coefficient (Wildman–Crippen LogP) is 1.26. The molecule has 1 atom stereocenters. The van der Waals surface area contributed by atoms with Crippen LogP contribution in [0.1, 0.15) is 19.5 Å². The van der Waals surface area contributed by atoms with Crippen LogP contribution in [0, 0.1) is 0 Å². The number of hydrogen-bond donors (Lipinski definition) is 1. The molecule has 12 heavy (non-hydrogen) atoms. The van der Waals surface area contributed by atoms with E-state index in [1.807, 2.05) is 13.0 Å². The highest BCUT2D eigenvalue weighted by molar-refractivity contribution is 5.48. The molecule has 0 fully saturated rings. The molecular weight excluding hydrogens is 152 g/mol. The van der Waals surface area contributed by atoms with E-state index in [0.717, 1.165) is 11.3 Å². The van der Waals surface area contributed by atoms with Gasteiger partial charge in [-0.3, -0.25) is 0 Å². The fourth-order valence-corrected chi connectivity index (χ4v) is 0.740. The van der Waals surface area contributed by atoms with Crippen LogP contribution in [0.3, 0.4) is 0 Å². The van der Waals surface area contributed by atoms with Gasteiger partial charge in [0.05, 0.1) is 11.8 Å². The summed E-state index contributed by atoms with van der Waals surface area (Å²) in [5.41, 5.74) is 1.72. The SMILES string of the molecule is C/C(=C\c1ccncn1)C(C)O. The molecule has 0 amide bonds. The van der Waals surface area contributed by atoms with Gasteiger partial charge >= 0.3 is 0 Å². The van der Waals surface area contributed by atoms with E-state index in [9.17, 15) is 5.11 Å². The van der Waals surface area contributed by atoms with Gasteiger partial charge < -0.3 is 5.11 Å². The number of aromatic nitrogens is 2. The Labute approximate surface area is 71.8 Å². The van der Waals surface area contributed by atoms with Crippen molar-refractivity contribution < 1.29 is 5.11 Å². The molecule has 0 aliphatic rings. The summed E-state index contributed by atoms with van der Waals surface area (Å²) in [6.07, 6.45) is 4.58. The standard InChI is InChI=1S/C9H12N2O/c1-7(8(2)12)5-9-3-4-10-6-11-9/h3-6,8,12H,1-2H3/b7-5+. The summed E-state index contributed by atoms with van der Waals surface area (Å²) >= 11 is 0. The van der Waals surface area contributed by atoms with Gasteiger partial charge in [0.15, 0.2) is 0 Å². The van der Waals surface area contributed by atoms with Gasteiger partial charge in [-0.2, -0.15) is 0 Å². The van der Waals surface area contributed by atoms with Crippen molar-refractivity contribution in [2.75, 3.05) is 0 Å². The summed E-state index contributed by atoms with van der Waals surface area (Å²) in [6.45, 7) is 3.60. The summed E-state index contributed by atoms with van der Waals surface area (Å²) in [5.74, 6) is 0. The van der Waals surface area contributed by atoms with Crippen molar-refractivity contribution >= 4 is 6.08 Å². The highest BCUT2D eigenvalue weighted by atomic mass is 16.3. The Balaban J connectivity index is 2.81. The van der Waals surface area contributed by atoms with Gasteiger partial charge in [0.1, 0.15) is 6.33 Å². The van der Waals surface area contributed by atoms with Crippen LogP contribution in [0.15, 0.2) is 24.2 Å². The van der Waals surface area contributed by atoms with Gasteiger partial charge in [-0.05, 0) is 31.6 Å². The van der Waals surface area contributed by atoms with Gasteiger partial charge in [0, 0.05) is 6.20 Å². The lowest BCUT2D eigenvalue weighted by atomic mass is 10.1. The topological polar surface area (TPSA) is 46.0 Å². The molecule has 0 saturated carbocycles. The van der Waals surface area contributed by atoms with Crippen LogP contribution in [-0.2, 0) is 0 Å². The van der Waals surface area contributed by atoms with Crippen molar-refractivity contribution in [3.05, 3.63) is 29.9 Å². The molecule has 0 spiro atoms. The van der Waals surface area contributed by atoms with Crippen molar-refractivity contribution in [2.45, 2.75) is 20.0 Å². The van der Waals surface area contributed by atoms with Crippen LogP contribution in [0.25, 0.3) is 6.08 Å². The Kier molecular flexibility index (Phi) is 2.94. The minimum atomic E-state index is -0.417. The number of aliphatic hydroxyl groups excluding tert-OH is 1. The summed E-state index contributed by atoms with van der Waals surface area (Å²) in [4.78, 5) is 7.80. The van der Waals surface area contributed by atoms with E-state index in [0.29, 0.717) is 0 Å². The molecule has 3 heteroatoms. The molecule has 1 heterocycles. The second-order valence-corrected chi connectivity index (χ2v) is 2.70. The first-order valence-corrected chi connectivity index (χ1v) is 3.82. The van der Waals surface area contributed by atoms with Crippen LogP contribution < -0.4 is 0 Å². The van der Waals surface area contributed by atoms with E-state index in [1.54, 1.807) is 19.2 Å². The zero-order valence-electron chi connectivity index (χ0n) is 7.23. The predicted molar refractivity (Wildman–Crippen MR) is 47.4 cm³/mol. The average Bonchev–Trinajstić information content (AvgIpc) is 2.06. The highest BCUT2D eigenvalue weighted by Gasteiger charge is 1.97. The molecule has 1 aromatic rings. The third-order valence-corrected chi connectivity index (χ3v) is 1.64. The van der Waals surface area contributed by atoms with E-state index in [-0.39, 0.29) is 0 Å². The van der Waals surface area contributed by atoms with Crippen LogP contribution in [0.4, 0.5) is 0 Å². The fourth-order valence-electron chi connectivity index (χ4n) is 0.740. The highest BCUT2D eigenvalue weighted by Crippen LogP contribution is 2.05. The number of aliphatic hydroxyl groups is 1. The molecule has 0 aliphatic heterocycles. The Morgan fingerprint density at radius 2 is 2.42 bits per heavy atom. The van der Waals surface area contributed by atoms with Crippen molar-refractivity contribution in [1.29, 1.82) is 0 Å². The second-order valence-electron chi connectivity index (χ2n) is 2.70. The molecular formula is C9H12N2O. The summed E-state index contributed by atoms with van der Waals surface area (Å²) in [5, 5.41) is 9.17. The molecule has 0 bridgehead atoms. The van der Waals surface area contributed by atoms with Crippen molar-refractivity contribution in [3.63, 3.8) is 0 Å². The van der Waals surface area contributed by atoms with Crippen molar-refractivity contribution in [2.24, 2.45) is 0 Å². The monoisotopic (exact) mass is 164 g/mol. The van der Waals surface area contributed by atoms with E-state index in [4.69, 9.17) is 0 Å². The molecule has 1 N–H and O–H groups in total. The number of nitrogens with zero attached hydrogens (tertiary/aromatic N) is 2. The summed E-state index contributed by atoms with van der Waals surface area (Å²) in [6, 6.07) is 1.80. The van der Waals surface area contributed by atoms with Crippen LogP contribution in [0.5, 0.6) is 0 Å². The molecule has 0 saturated heterocycles. The number of hydrogen-bond acceptors (Lipinski definition) is 3. The van der Waals surface area contributed by atoms with Crippen LogP contribution >= 0.6 is 0 Å². The lowest BCUT2D eigenvalue weighted by molar-refractivity contribution is 0.232. The zero-order valence-corrected chi connectivity index (χ0v) is 7.23. The van der Waals surface area contributed by atoms with Gasteiger partial charge in [-0.1, -0.05) is 0 Å². The van der Waals surface area contributed by atoms with Gasteiger partial charge in [-0.25, -0.2) is 9.97 Å². The maximum Gasteiger partial charge on any atom is 0.115 e. The lowest BCUT2D eigenvalue weighted by Gasteiger charge is -2.02. The van der Waals surface area contributed by atoms with Gasteiger partial charge in [-0.15, -0.1) is 0 Å². The molecule has 1 rings (SSSR count). The van der Waals surface area contributed by atoms with E-state index in [1.165, 1.54) is 6.33 Å². The normalized spacial score (nSPS) is 14.4. The Morgan fingerprint density at radius 3 is 2.92 bits per heavy atom. The first kappa shape index (κ1) is 8.87. The first-order valence-electron chi connectivity index (χ1n) is 3.82. The summed E-state index contributed by atoms with van der Waals surface area (Å²) < 4.78 is 0.